The van der Waals surface area contributed by atoms with Gasteiger partial charge in [0, 0.05) is 35.8 Å². The number of anilines is 1. The number of nitrogens with one attached hydrogen (secondary N) is 1. The van der Waals surface area contributed by atoms with E-state index in [1.807, 2.05) is 28.8 Å². The zero-order valence-corrected chi connectivity index (χ0v) is 19.2. The lowest BCUT2D eigenvalue weighted by atomic mass is 10.1. The van der Waals surface area contributed by atoms with Crippen molar-refractivity contribution < 1.29 is 23.9 Å². The molecule has 2 aromatic carbocycles. The fourth-order valence-corrected chi connectivity index (χ4v) is 4.43. The van der Waals surface area contributed by atoms with Gasteiger partial charge in [-0.05, 0) is 30.7 Å². The Balaban J connectivity index is 1.52. The van der Waals surface area contributed by atoms with Crippen LogP contribution >= 0.6 is 0 Å². The van der Waals surface area contributed by atoms with Crippen molar-refractivity contribution in [3.63, 3.8) is 0 Å². The maximum absolute atomic E-state index is 13.3. The third kappa shape index (κ3) is 4.22. The fourth-order valence-electron chi connectivity index (χ4n) is 4.43. The van der Waals surface area contributed by atoms with E-state index in [1.54, 1.807) is 42.3 Å². The van der Waals surface area contributed by atoms with Crippen LogP contribution in [0.2, 0.25) is 0 Å². The number of rotatable bonds is 4. The van der Waals surface area contributed by atoms with Gasteiger partial charge in [0.15, 0.2) is 0 Å². The molecule has 0 radical (unpaired) electrons. The number of carbonyl (C=O) groups is 4. The molecule has 0 spiro atoms. The summed E-state index contributed by atoms with van der Waals surface area (Å²) < 4.78 is 7.14. The average Bonchev–Trinajstić information content (AvgIpc) is 3.20. The number of imide groups is 2. The molecule has 0 aliphatic carbocycles. The minimum atomic E-state index is -0.787. The molecular weight excluding hydrogens is 448 g/mol. The number of barbiturate groups is 1. The van der Waals surface area contributed by atoms with Crippen LogP contribution in [0.4, 0.5) is 10.5 Å². The minimum Gasteiger partial charge on any atom is -0.378 e. The number of ether oxygens (including phenoxy) is 1. The Morgan fingerprint density at radius 3 is 2.51 bits per heavy atom. The van der Waals surface area contributed by atoms with E-state index in [4.69, 9.17) is 4.74 Å². The molecule has 0 saturated carbocycles. The first-order valence-corrected chi connectivity index (χ1v) is 11.3. The van der Waals surface area contributed by atoms with Gasteiger partial charge in [0.25, 0.3) is 11.8 Å². The van der Waals surface area contributed by atoms with Crippen LogP contribution in [0.15, 0.2) is 60.3 Å². The zero-order valence-electron chi connectivity index (χ0n) is 19.2. The number of aromatic nitrogens is 1. The summed E-state index contributed by atoms with van der Waals surface area (Å²) in [5.74, 6) is -1.49. The number of urea groups is 1. The summed E-state index contributed by atoms with van der Waals surface area (Å²) in [5.41, 5.74) is 2.38. The molecule has 0 bridgehead atoms. The number of fused-ring (bicyclic) bond motifs is 1. The number of benzene rings is 2. The third-order valence-corrected chi connectivity index (χ3v) is 6.25. The highest BCUT2D eigenvalue weighted by Gasteiger charge is 2.37. The number of nitrogens with zero attached hydrogens (tertiary/aromatic N) is 3. The molecular formula is C26H24N4O5. The number of carbonyl (C=O) groups excluding carboxylic acids is 4. The molecule has 5 amide bonds. The number of aryl methyl sites for hydroxylation is 1. The molecule has 3 aromatic rings. The van der Waals surface area contributed by atoms with Gasteiger partial charge >= 0.3 is 6.03 Å². The van der Waals surface area contributed by atoms with Crippen molar-refractivity contribution in [3.05, 3.63) is 71.4 Å². The van der Waals surface area contributed by atoms with Crippen molar-refractivity contribution in [2.45, 2.75) is 13.5 Å². The molecule has 2 aliphatic rings. The summed E-state index contributed by atoms with van der Waals surface area (Å²) in [4.78, 5) is 54.1. The zero-order chi connectivity index (χ0) is 24.5. The van der Waals surface area contributed by atoms with Crippen molar-refractivity contribution in [1.82, 2.24) is 14.8 Å². The second-order valence-corrected chi connectivity index (χ2v) is 8.47. The second-order valence-electron chi connectivity index (χ2n) is 8.47. The van der Waals surface area contributed by atoms with Gasteiger partial charge in [-0.15, -0.1) is 0 Å². The van der Waals surface area contributed by atoms with Crippen molar-refractivity contribution in [1.29, 1.82) is 0 Å². The monoisotopic (exact) mass is 472 g/mol. The predicted molar refractivity (Wildman–Crippen MR) is 130 cm³/mol. The molecule has 2 aliphatic heterocycles. The Kier molecular flexibility index (Phi) is 5.92. The van der Waals surface area contributed by atoms with Crippen LogP contribution in [0.25, 0.3) is 17.0 Å². The van der Waals surface area contributed by atoms with Gasteiger partial charge < -0.3 is 14.2 Å². The standard InChI is InChI=1S/C26H24N4O5/c1-17-6-2-4-8-21(17)30-25(33)20(24(32)27-26(30)34)14-18-15-29(22-9-5-3-7-19(18)22)16-23(31)28-10-12-35-13-11-28/h2-9,14-15H,10-13,16H2,1H3,(H,27,32,34). The van der Waals surface area contributed by atoms with Crippen molar-refractivity contribution >= 4 is 46.4 Å². The molecule has 178 valence electrons. The molecule has 3 heterocycles. The van der Waals surface area contributed by atoms with E-state index in [2.05, 4.69) is 5.32 Å². The Hall–Kier alpha value is -4.24. The Morgan fingerprint density at radius 1 is 1.03 bits per heavy atom. The Bertz CT molecular complexity index is 1380. The van der Waals surface area contributed by atoms with E-state index in [0.29, 0.717) is 37.6 Å². The summed E-state index contributed by atoms with van der Waals surface area (Å²) in [5, 5.41) is 3.05. The summed E-state index contributed by atoms with van der Waals surface area (Å²) >= 11 is 0. The van der Waals surface area contributed by atoms with Crippen molar-refractivity contribution in [3.8, 4) is 0 Å². The smallest absolute Gasteiger partial charge is 0.335 e. The normalized spacial score (nSPS) is 17.9. The van der Waals surface area contributed by atoms with Crippen molar-refractivity contribution in [2.24, 2.45) is 0 Å². The van der Waals surface area contributed by atoms with Crippen LogP contribution in [0.5, 0.6) is 0 Å². The average molecular weight is 473 g/mol. The Morgan fingerprint density at radius 2 is 1.74 bits per heavy atom. The van der Waals surface area contributed by atoms with E-state index >= 15 is 0 Å². The second kappa shape index (κ2) is 9.19. The van der Waals surface area contributed by atoms with Gasteiger partial charge in [-0.25, -0.2) is 9.69 Å². The van der Waals surface area contributed by atoms with Crippen LogP contribution in [0.1, 0.15) is 11.1 Å². The quantitative estimate of drug-likeness (QED) is 0.465. The van der Waals surface area contributed by atoms with E-state index in [9.17, 15) is 19.2 Å². The van der Waals surface area contributed by atoms with Crippen LogP contribution in [-0.2, 0) is 25.7 Å². The maximum atomic E-state index is 13.3. The van der Waals surface area contributed by atoms with Crippen LogP contribution in [0.3, 0.4) is 0 Å². The van der Waals surface area contributed by atoms with E-state index < -0.39 is 17.8 Å². The lowest BCUT2D eigenvalue weighted by Crippen LogP contribution is -2.54. The van der Waals surface area contributed by atoms with Gasteiger partial charge in [0.2, 0.25) is 5.91 Å². The lowest BCUT2D eigenvalue weighted by molar-refractivity contribution is -0.135. The molecule has 1 N–H and O–H groups in total. The molecule has 9 heteroatoms. The SMILES string of the molecule is Cc1ccccc1N1C(=O)NC(=O)C(=Cc2cn(CC(=O)N3CCOCC3)c3ccccc23)C1=O. The molecule has 5 rings (SSSR count). The van der Waals surface area contributed by atoms with Gasteiger partial charge in [0.1, 0.15) is 12.1 Å². The van der Waals surface area contributed by atoms with E-state index in [1.165, 1.54) is 6.08 Å². The molecule has 9 nitrogen and oxygen atoms in total. The largest absolute Gasteiger partial charge is 0.378 e. The maximum Gasteiger partial charge on any atom is 0.335 e. The highest BCUT2D eigenvalue weighted by molar-refractivity contribution is 6.39. The highest BCUT2D eigenvalue weighted by Crippen LogP contribution is 2.28. The van der Waals surface area contributed by atoms with Crippen LogP contribution in [-0.4, -0.2) is 59.5 Å². The lowest BCUT2D eigenvalue weighted by Gasteiger charge is -2.27. The highest BCUT2D eigenvalue weighted by atomic mass is 16.5. The minimum absolute atomic E-state index is 0.0314. The summed E-state index contributed by atoms with van der Waals surface area (Å²) in [7, 11) is 0. The van der Waals surface area contributed by atoms with E-state index in [-0.39, 0.29) is 18.0 Å². The van der Waals surface area contributed by atoms with Crippen LogP contribution in [0, 0.1) is 6.92 Å². The number of amides is 5. The van der Waals surface area contributed by atoms with Crippen molar-refractivity contribution in [2.75, 3.05) is 31.2 Å². The summed E-state index contributed by atoms with van der Waals surface area (Å²) in [6.07, 6.45) is 3.23. The summed E-state index contributed by atoms with van der Waals surface area (Å²) in [6, 6.07) is 13.7. The number of morpholine rings is 1. The molecule has 35 heavy (non-hydrogen) atoms. The first-order chi connectivity index (χ1) is 16.9. The van der Waals surface area contributed by atoms with Crippen LogP contribution < -0.4 is 10.2 Å². The number of para-hydroxylation sites is 2. The van der Waals surface area contributed by atoms with Gasteiger partial charge in [-0.2, -0.15) is 0 Å². The van der Waals surface area contributed by atoms with E-state index in [0.717, 1.165) is 21.4 Å². The number of hydrogen-bond acceptors (Lipinski definition) is 5. The predicted octanol–water partition coefficient (Wildman–Crippen LogP) is 2.47. The molecule has 2 fully saturated rings. The summed E-state index contributed by atoms with van der Waals surface area (Å²) in [6.45, 7) is 4.04. The topological polar surface area (TPSA) is 101 Å². The van der Waals surface area contributed by atoms with Gasteiger partial charge in [-0.3, -0.25) is 19.7 Å². The molecule has 1 aromatic heterocycles. The third-order valence-electron chi connectivity index (χ3n) is 6.25. The Labute approximate surface area is 201 Å². The first kappa shape index (κ1) is 22.5. The number of hydrogen-bond donors (Lipinski definition) is 1. The first-order valence-electron chi connectivity index (χ1n) is 11.3. The van der Waals surface area contributed by atoms with Gasteiger partial charge in [-0.1, -0.05) is 36.4 Å². The molecule has 0 atom stereocenters. The molecule has 0 unspecified atom stereocenters. The fraction of sp³-hybridized carbons (Fsp3) is 0.231. The molecule has 2 saturated heterocycles. The van der Waals surface area contributed by atoms with Gasteiger partial charge in [0.05, 0.1) is 18.9 Å².